The van der Waals surface area contributed by atoms with Crippen LogP contribution in [0.2, 0.25) is 0 Å². The molecule has 0 amide bonds. The Labute approximate surface area is 148 Å². The van der Waals surface area contributed by atoms with E-state index in [4.69, 9.17) is 0 Å². The van der Waals surface area contributed by atoms with Gasteiger partial charge in [0.15, 0.2) is 0 Å². The summed E-state index contributed by atoms with van der Waals surface area (Å²) >= 11 is 0. The molecule has 0 aliphatic rings. The van der Waals surface area contributed by atoms with Gasteiger partial charge < -0.3 is 13.7 Å². The third kappa shape index (κ3) is 6.33. The molecule has 0 unspecified atom stereocenters. The van der Waals surface area contributed by atoms with Gasteiger partial charge in [-0.2, -0.15) is 0 Å². The Balaban J connectivity index is 3.74. The van der Waals surface area contributed by atoms with Gasteiger partial charge in [0.25, 0.3) is 0 Å². The van der Waals surface area contributed by atoms with E-state index in [9.17, 15) is 13.7 Å². The van der Waals surface area contributed by atoms with Crippen LogP contribution in [0.5, 0.6) is 0 Å². The number of rotatable bonds is 6. The van der Waals surface area contributed by atoms with E-state index in [1.807, 2.05) is 0 Å². The summed E-state index contributed by atoms with van der Waals surface area (Å²) in [5, 5.41) is 0. The van der Waals surface area contributed by atoms with Gasteiger partial charge in [0.1, 0.15) is 0 Å². The van der Waals surface area contributed by atoms with Gasteiger partial charge in [-0.1, -0.05) is 0 Å². The smallest absolute Gasteiger partial charge is 0.0861 e. The molecule has 0 saturated carbocycles. The molecular weight excluding hydrogens is 357 g/mol. The predicted molar refractivity (Wildman–Crippen MR) is 110 cm³/mol. The summed E-state index contributed by atoms with van der Waals surface area (Å²) in [6.45, 7) is 17.0. The average Bonchev–Trinajstić information content (AvgIpc) is 2.32. The van der Waals surface area contributed by atoms with Crippen LogP contribution in [0.1, 0.15) is 33.4 Å². The first-order valence-corrected chi connectivity index (χ1v) is 16.6. The highest BCUT2D eigenvalue weighted by molar-refractivity contribution is 7.62. The molecule has 138 valence electrons. The Morgan fingerprint density at radius 3 is 0.792 bits per heavy atom. The summed E-state index contributed by atoms with van der Waals surface area (Å²) in [5.41, 5.74) is 6.64. The lowest BCUT2D eigenvalue weighted by Gasteiger charge is -2.25. The minimum atomic E-state index is -2.24. The minimum Gasteiger partial charge on any atom is -0.324 e. The monoisotopic (exact) mass is 390 g/mol. The molecule has 0 fully saturated rings. The van der Waals surface area contributed by atoms with E-state index in [0.717, 1.165) is 33.4 Å². The zero-order valence-electron chi connectivity index (χ0n) is 16.7. The van der Waals surface area contributed by atoms with Crippen molar-refractivity contribution >= 4 is 21.4 Å². The van der Waals surface area contributed by atoms with Crippen LogP contribution in [0.4, 0.5) is 0 Å². The summed E-state index contributed by atoms with van der Waals surface area (Å²) in [7, 11) is -6.71. The van der Waals surface area contributed by atoms with E-state index in [-0.39, 0.29) is 0 Å². The van der Waals surface area contributed by atoms with Gasteiger partial charge in [0, 0.05) is 18.5 Å². The first-order chi connectivity index (χ1) is 10.5. The van der Waals surface area contributed by atoms with Crippen LogP contribution in [0.3, 0.4) is 0 Å². The Morgan fingerprint density at radius 2 is 0.667 bits per heavy atom. The maximum absolute atomic E-state index is 12.5. The van der Waals surface area contributed by atoms with Crippen LogP contribution in [0.25, 0.3) is 0 Å². The van der Waals surface area contributed by atoms with E-state index in [1.165, 1.54) is 0 Å². The second-order valence-electron chi connectivity index (χ2n) is 8.51. The van der Waals surface area contributed by atoms with E-state index < -0.39 is 21.4 Å². The van der Waals surface area contributed by atoms with Crippen LogP contribution < -0.4 is 0 Å². The summed E-state index contributed by atoms with van der Waals surface area (Å²) < 4.78 is 37.4. The normalized spacial score (nSPS) is 13.4. The average molecular weight is 390 g/mol. The van der Waals surface area contributed by atoms with Crippen molar-refractivity contribution in [3.05, 3.63) is 33.4 Å². The zero-order valence-corrected chi connectivity index (χ0v) is 19.4. The minimum absolute atomic E-state index is 0.542. The third-order valence-electron chi connectivity index (χ3n) is 4.33. The Kier molecular flexibility index (Phi) is 6.64. The van der Waals surface area contributed by atoms with Crippen molar-refractivity contribution in [2.45, 2.75) is 39.3 Å². The highest BCUT2D eigenvalue weighted by Gasteiger charge is 2.24. The molecule has 3 nitrogen and oxygen atoms in total. The van der Waals surface area contributed by atoms with E-state index >= 15 is 0 Å². The molecule has 0 radical (unpaired) electrons. The molecule has 0 N–H and O–H groups in total. The molecule has 0 aliphatic carbocycles. The van der Waals surface area contributed by atoms with Crippen molar-refractivity contribution in [1.29, 1.82) is 0 Å². The molecule has 1 aromatic rings. The van der Waals surface area contributed by atoms with E-state index in [0.29, 0.717) is 18.5 Å². The van der Waals surface area contributed by atoms with Crippen molar-refractivity contribution in [1.82, 2.24) is 0 Å². The van der Waals surface area contributed by atoms with Crippen LogP contribution in [0, 0.1) is 20.8 Å². The topological polar surface area (TPSA) is 51.2 Å². The lowest BCUT2D eigenvalue weighted by molar-refractivity contribution is 0.581. The molecule has 1 rings (SSSR count). The standard InChI is InChI=1S/C18H33O3P3/c1-13-16(10-22(4,5)19)14(2)18(12-24(8,9)21)15(3)17(13)11-23(6,7)20/h10-12H2,1-9H3. The predicted octanol–water partition coefficient (Wildman–Crippen LogP) is 5.98. The second-order valence-corrected chi connectivity index (χ2v) is 18.9. The molecule has 0 aromatic heterocycles. The molecule has 6 heteroatoms. The van der Waals surface area contributed by atoms with Crippen molar-refractivity contribution < 1.29 is 13.7 Å². The van der Waals surface area contributed by atoms with Crippen LogP contribution in [-0.4, -0.2) is 40.0 Å². The summed E-state index contributed by atoms with van der Waals surface area (Å²) in [6.07, 6.45) is 1.63. The molecule has 0 heterocycles. The largest absolute Gasteiger partial charge is 0.324 e. The molecule has 0 spiro atoms. The molecule has 0 saturated heterocycles. The Morgan fingerprint density at radius 1 is 0.500 bits per heavy atom. The molecular formula is C18H33O3P3. The zero-order chi connectivity index (χ0) is 19.1. The lowest BCUT2D eigenvalue weighted by atomic mass is 9.90. The fourth-order valence-corrected chi connectivity index (χ4v) is 6.95. The molecule has 1 aromatic carbocycles. The summed E-state index contributed by atoms with van der Waals surface area (Å²) in [5.74, 6) is 0. The van der Waals surface area contributed by atoms with Gasteiger partial charge in [-0.15, -0.1) is 0 Å². The summed E-state index contributed by atoms with van der Waals surface area (Å²) in [6, 6.07) is 0. The van der Waals surface area contributed by atoms with E-state index in [2.05, 4.69) is 20.8 Å². The maximum Gasteiger partial charge on any atom is 0.0861 e. The highest BCUT2D eigenvalue weighted by atomic mass is 31.2. The van der Waals surface area contributed by atoms with Crippen molar-refractivity contribution in [2.24, 2.45) is 0 Å². The lowest BCUT2D eigenvalue weighted by Crippen LogP contribution is -2.08. The van der Waals surface area contributed by atoms with E-state index in [1.54, 1.807) is 40.0 Å². The van der Waals surface area contributed by atoms with Crippen molar-refractivity contribution in [3.8, 4) is 0 Å². The summed E-state index contributed by atoms with van der Waals surface area (Å²) in [4.78, 5) is 0. The highest BCUT2D eigenvalue weighted by Crippen LogP contribution is 2.49. The fourth-order valence-electron chi connectivity index (χ4n) is 3.24. The van der Waals surface area contributed by atoms with Crippen LogP contribution in [-0.2, 0) is 32.2 Å². The fraction of sp³-hybridized carbons (Fsp3) is 0.667. The van der Waals surface area contributed by atoms with Crippen molar-refractivity contribution in [2.75, 3.05) is 40.0 Å². The number of hydrogen-bond acceptors (Lipinski definition) is 3. The van der Waals surface area contributed by atoms with Crippen LogP contribution >= 0.6 is 21.4 Å². The van der Waals surface area contributed by atoms with Crippen molar-refractivity contribution in [3.63, 3.8) is 0 Å². The maximum atomic E-state index is 12.5. The first-order valence-electron chi connectivity index (χ1n) is 8.24. The quantitative estimate of drug-likeness (QED) is 0.562. The first kappa shape index (κ1) is 22.0. The Hall–Kier alpha value is -0.0900. The Bertz CT molecular complexity index is 649. The van der Waals surface area contributed by atoms with Gasteiger partial charge in [0.2, 0.25) is 0 Å². The van der Waals surface area contributed by atoms with Gasteiger partial charge in [-0.3, -0.25) is 0 Å². The SMILES string of the molecule is Cc1c(CP(C)(C)=O)c(C)c(CP(C)(C)=O)c(C)c1CP(C)(C)=O. The molecule has 0 bridgehead atoms. The third-order valence-corrected chi connectivity index (χ3v) is 7.57. The van der Waals surface area contributed by atoms with Gasteiger partial charge in [-0.25, -0.2) is 0 Å². The molecule has 0 atom stereocenters. The second kappa shape index (κ2) is 7.26. The number of hydrogen-bond donors (Lipinski definition) is 0. The number of benzene rings is 1. The van der Waals surface area contributed by atoms with Gasteiger partial charge in [0.05, 0.1) is 21.4 Å². The van der Waals surface area contributed by atoms with Gasteiger partial charge >= 0.3 is 0 Å². The molecule has 24 heavy (non-hydrogen) atoms. The van der Waals surface area contributed by atoms with Gasteiger partial charge in [-0.05, 0) is 94.1 Å². The molecule has 0 aliphatic heterocycles. The van der Waals surface area contributed by atoms with Crippen LogP contribution in [0.15, 0.2) is 0 Å².